The van der Waals surface area contributed by atoms with Crippen LogP contribution in [0.15, 0.2) is 0 Å². The van der Waals surface area contributed by atoms with Crippen LogP contribution in [-0.4, -0.2) is 54.9 Å². The van der Waals surface area contributed by atoms with Gasteiger partial charge in [-0.05, 0) is 25.2 Å². The zero-order valence-electron chi connectivity index (χ0n) is 11.7. The molecule has 0 aromatic heterocycles. The van der Waals surface area contributed by atoms with Gasteiger partial charge in [-0.15, -0.1) is 0 Å². The summed E-state index contributed by atoms with van der Waals surface area (Å²) in [5.74, 6) is 0.338. The number of urea groups is 1. The van der Waals surface area contributed by atoms with Gasteiger partial charge in [0.2, 0.25) is 0 Å². The lowest BCUT2D eigenvalue weighted by Gasteiger charge is -2.28. The number of ether oxygens (including phenoxy) is 1. The third kappa shape index (κ3) is 2.83. The quantitative estimate of drug-likeness (QED) is 0.791. The van der Waals surface area contributed by atoms with E-state index in [9.17, 15) is 14.7 Å². The number of carbonyl (C=O) groups excluding carboxylic acids is 1. The van der Waals surface area contributed by atoms with E-state index >= 15 is 0 Å². The van der Waals surface area contributed by atoms with Gasteiger partial charge in [0, 0.05) is 13.6 Å². The molecule has 4 unspecified atom stereocenters. The summed E-state index contributed by atoms with van der Waals surface area (Å²) in [6.45, 7) is 4.89. The number of amides is 2. The molecule has 2 aliphatic rings. The Kier molecular flexibility index (Phi) is 3.71. The van der Waals surface area contributed by atoms with E-state index in [-0.39, 0.29) is 19.2 Å². The van der Waals surface area contributed by atoms with Crippen LogP contribution in [0.5, 0.6) is 0 Å². The molecule has 2 fully saturated rings. The molecule has 2 amide bonds. The van der Waals surface area contributed by atoms with Crippen LogP contribution in [0, 0.1) is 17.3 Å². The van der Waals surface area contributed by atoms with Crippen molar-refractivity contribution in [2.75, 3.05) is 26.8 Å². The summed E-state index contributed by atoms with van der Waals surface area (Å²) in [4.78, 5) is 25.0. The normalized spacial score (nSPS) is 36.9. The summed E-state index contributed by atoms with van der Waals surface area (Å²) in [5.41, 5.74) is -1.04. The molecule has 1 saturated carbocycles. The highest BCUT2D eigenvalue weighted by Gasteiger charge is 2.47. The molecule has 1 saturated heterocycles. The van der Waals surface area contributed by atoms with Gasteiger partial charge < -0.3 is 20.1 Å². The SMILES string of the molecule is CC1CC1CN(C)C(=O)NC1COCC1(C)C(=O)O. The highest BCUT2D eigenvalue weighted by molar-refractivity contribution is 5.79. The van der Waals surface area contributed by atoms with Crippen LogP contribution in [-0.2, 0) is 9.53 Å². The van der Waals surface area contributed by atoms with Crippen molar-refractivity contribution >= 4 is 12.0 Å². The second kappa shape index (κ2) is 5.00. The molecule has 6 heteroatoms. The van der Waals surface area contributed by atoms with E-state index in [4.69, 9.17) is 4.74 Å². The Morgan fingerprint density at radius 1 is 1.53 bits per heavy atom. The fourth-order valence-electron chi connectivity index (χ4n) is 2.43. The summed E-state index contributed by atoms with van der Waals surface area (Å²) in [7, 11) is 1.74. The minimum absolute atomic E-state index is 0.136. The number of carboxylic acid groups (broad SMARTS) is 1. The monoisotopic (exact) mass is 270 g/mol. The first-order valence-corrected chi connectivity index (χ1v) is 6.67. The lowest BCUT2D eigenvalue weighted by Crippen LogP contribution is -2.53. The summed E-state index contributed by atoms with van der Waals surface area (Å²) in [5, 5.41) is 12.0. The maximum absolute atomic E-state index is 12.0. The molecule has 0 aromatic rings. The molecule has 1 heterocycles. The molecule has 0 bridgehead atoms. The molecule has 0 spiro atoms. The van der Waals surface area contributed by atoms with Gasteiger partial charge in [-0.1, -0.05) is 6.92 Å². The number of hydrogen-bond acceptors (Lipinski definition) is 3. The third-order valence-electron chi connectivity index (χ3n) is 4.37. The van der Waals surface area contributed by atoms with E-state index < -0.39 is 17.4 Å². The fourth-order valence-corrected chi connectivity index (χ4v) is 2.43. The lowest BCUT2D eigenvalue weighted by molar-refractivity contribution is -0.148. The number of hydrogen-bond donors (Lipinski definition) is 2. The van der Waals surface area contributed by atoms with E-state index in [1.165, 1.54) is 0 Å². The molecule has 108 valence electrons. The first-order chi connectivity index (χ1) is 8.84. The van der Waals surface area contributed by atoms with Crippen LogP contribution >= 0.6 is 0 Å². The number of rotatable bonds is 4. The summed E-state index contributed by atoms with van der Waals surface area (Å²) >= 11 is 0. The van der Waals surface area contributed by atoms with Gasteiger partial charge >= 0.3 is 12.0 Å². The molecule has 1 aliphatic heterocycles. The van der Waals surface area contributed by atoms with E-state index in [1.54, 1.807) is 18.9 Å². The molecule has 2 rings (SSSR count). The fraction of sp³-hybridized carbons (Fsp3) is 0.846. The van der Waals surface area contributed by atoms with Crippen molar-refractivity contribution in [1.82, 2.24) is 10.2 Å². The molecule has 0 radical (unpaired) electrons. The number of carbonyl (C=O) groups is 2. The highest BCUT2D eigenvalue weighted by atomic mass is 16.5. The summed E-state index contributed by atoms with van der Waals surface area (Å²) in [6, 6.07) is -0.696. The van der Waals surface area contributed by atoms with E-state index in [0.717, 1.165) is 13.0 Å². The molecule has 19 heavy (non-hydrogen) atoms. The Hall–Kier alpha value is -1.30. The van der Waals surface area contributed by atoms with Crippen LogP contribution in [0.25, 0.3) is 0 Å². The van der Waals surface area contributed by atoms with Gasteiger partial charge in [0.05, 0.1) is 19.3 Å². The average Bonchev–Trinajstić information content (AvgIpc) is 2.88. The van der Waals surface area contributed by atoms with Gasteiger partial charge in [-0.3, -0.25) is 4.79 Å². The third-order valence-corrected chi connectivity index (χ3v) is 4.37. The Morgan fingerprint density at radius 2 is 2.16 bits per heavy atom. The molecule has 1 aliphatic carbocycles. The number of nitrogens with zero attached hydrogens (tertiary/aromatic N) is 1. The van der Waals surface area contributed by atoms with Crippen LogP contribution in [0.3, 0.4) is 0 Å². The van der Waals surface area contributed by atoms with Crippen molar-refractivity contribution in [2.24, 2.45) is 17.3 Å². The van der Waals surface area contributed by atoms with Crippen LogP contribution < -0.4 is 5.32 Å². The Balaban J connectivity index is 1.89. The highest BCUT2D eigenvalue weighted by Crippen LogP contribution is 2.38. The van der Waals surface area contributed by atoms with E-state index in [1.807, 2.05) is 0 Å². The predicted molar refractivity (Wildman–Crippen MR) is 68.8 cm³/mol. The Morgan fingerprint density at radius 3 is 2.68 bits per heavy atom. The topological polar surface area (TPSA) is 78.9 Å². The second-order valence-corrected chi connectivity index (χ2v) is 6.09. The van der Waals surface area contributed by atoms with Crippen molar-refractivity contribution in [3.63, 3.8) is 0 Å². The zero-order chi connectivity index (χ0) is 14.2. The maximum Gasteiger partial charge on any atom is 0.317 e. The number of nitrogens with one attached hydrogen (secondary N) is 1. The van der Waals surface area contributed by atoms with E-state index in [0.29, 0.717) is 11.8 Å². The van der Waals surface area contributed by atoms with Crippen molar-refractivity contribution < 1.29 is 19.4 Å². The Bertz CT molecular complexity index is 387. The molecule has 0 aromatic carbocycles. The van der Waals surface area contributed by atoms with Crippen molar-refractivity contribution in [3.8, 4) is 0 Å². The number of aliphatic carboxylic acids is 1. The molecule has 4 atom stereocenters. The first-order valence-electron chi connectivity index (χ1n) is 6.67. The van der Waals surface area contributed by atoms with Crippen LogP contribution in [0.4, 0.5) is 4.79 Å². The minimum Gasteiger partial charge on any atom is -0.481 e. The van der Waals surface area contributed by atoms with Gasteiger partial charge in [-0.2, -0.15) is 0 Å². The Labute approximate surface area is 113 Å². The van der Waals surface area contributed by atoms with Crippen molar-refractivity contribution in [2.45, 2.75) is 26.3 Å². The average molecular weight is 270 g/mol. The predicted octanol–water partition coefficient (Wildman–Crippen LogP) is 0.773. The first kappa shape index (κ1) is 14.1. The van der Waals surface area contributed by atoms with Gasteiger partial charge in [0.1, 0.15) is 5.41 Å². The summed E-state index contributed by atoms with van der Waals surface area (Å²) < 4.78 is 5.21. The maximum atomic E-state index is 12.0. The van der Waals surface area contributed by atoms with Gasteiger partial charge in [-0.25, -0.2) is 4.79 Å². The number of carboxylic acids is 1. The van der Waals surface area contributed by atoms with Crippen LogP contribution in [0.1, 0.15) is 20.3 Å². The largest absolute Gasteiger partial charge is 0.481 e. The smallest absolute Gasteiger partial charge is 0.317 e. The summed E-state index contributed by atoms with van der Waals surface area (Å²) in [6.07, 6.45) is 1.16. The molecule has 6 nitrogen and oxygen atoms in total. The van der Waals surface area contributed by atoms with Gasteiger partial charge in [0.25, 0.3) is 0 Å². The van der Waals surface area contributed by atoms with Crippen molar-refractivity contribution in [3.05, 3.63) is 0 Å². The minimum atomic E-state index is -1.04. The standard InChI is InChI=1S/C13H22N2O4/c1-8-4-9(8)5-15(3)12(18)14-10-6-19-7-13(10,2)11(16)17/h8-10H,4-7H2,1-3H3,(H,14,18)(H,16,17). The molecule has 2 N–H and O–H groups in total. The second-order valence-electron chi connectivity index (χ2n) is 6.09. The molecular formula is C13H22N2O4. The zero-order valence-corrected chi connectivity index (χ0v) is 11.7. The van der Waals surface area contributed by atoms with E-state index in [2.05, 4.69) is 12.2 Å². The van der Waals surface area contributed by atoms with Crippen molar-refractivity contribution in [1.29, 1.82) is 0 Å². The van der Waals surface area contributed by atoms with Crippen LogP contribution in [0.2, 0.25) is 0 Å². The van der Waals surface area contributed by atoms with Gasteiger partial charge in [0.15, 0.2) is 0 Å². The molecular weight excluding hydrogens is 248 g/mol. The lowest BCUT2D eigenvalue weighted by atomic mass is 9.85.